The number of nitrogens with zero attached hydrogens (tertiary/aromatic N) is 2. The number of hydrogen-bond acceptors (Lipinski definition) is 6. The molecule has 0 bridgehead atoms. The van der Waals surface area contributed by atoms with Crippen molar-refractivity contribution in [2.45, 2.75) is 186 Å². The van der Waals surface area contributed by atoms with E-state index in [1.807, 2.05) is 0 Å². The van der Waals surface area contributed by atoms with Gasteiger partial charge in [-0.25, -0.2) is 9.59 Å². The van der Waals surface area contributed by atoms with Crippen LogP contribution in [0.25, 0.3) is 0 Å². The van der Waals surface area contributed by atoms with Crippen LogP contribution < -0.4 is 10.6 Å². The van der Waals surface area contributed by atoms with Gasteiger partial charge in [-0.05, 0) is 80.9 Å². The molecule has 0 aromatic carbocycles. The molecule has 0 spiro atoms. The summed E-state index contributed by atoms with van der Waals surface area (Å²) in [7, 11) is 0. The summed E-state index contributed by atoms with van der Waals surface area (Å²) in [6.07, 6.45) is 32.3. The molecule has 1 heterocycles. The molecule has 1 saturated heterocycles. The van der Waals surface area contributed by atoms with Crippen molar-refractivity contribution >= 4 is 35.7 Å². The van der Waals surface area contributed by atoms with Crippen molar-refractivity contribution in [1.82, 2.24) is 20.4 Å². The van der Waals surface area contributed by atoms with Crippen molar-refractivity contribution in [3.8, 4) is 0 Å². The number of hydrogen-bond donors (Lipinski definition) is 4. The molecule has 0 aromatic rings. The maximum absolute atomic E-state index is 11.1. The fourth-order valence-electron chi connectivity index (χ4n) is 7.79. The van der Waals surface area contributed by atoms with Crippen LogP contribution in [0.4, 0.5) is 9.59 Å². The SMILES string of the molecule is CCCCCCCCCCCCSCCCC1(CCCSCCCCCCCCCCCC)CN(CCCNC(=O)O)CCN1CCCNC(=O)O. The molecule has 0 saturated carbocycles. The summed E-state index contributed by atoms with van der Waals surface area (Å²) in [5.74, 6) is 4.96. The van der Waals surface area contributed by atoms with Crippen LogP contribution in [-0.2, 0) is 0 Å². The Labute approximate surface area is 329 Å². The van der Waals surface area contributed by atoms with Crippen LogP contribution in [-0.4, -0.2) is 107 Å². The molecule has 1 rings (SSSR count). The number of unbranched alkanes of at least 4 members (excludes halogenated alkanes) is 18. The van der Waals surface area contributed by atoms with Crippen molar-refractivity contribution in [1.29, 1.82) is 0 Å². The third-order valence-electron chi connectivity index (χ3n) is 10.8. The van der Waals surface area contributed by atoms with Gasteiger partial charge in [0.1, 0.15) is 0 Å². The molecule has 52 heavy (non-hydrogen) atoms. The molecule has 1 aliphatic heterocycles. The summed E-state index contributed by atoms with van der Waals surface area (Å²) >= 11 is 4.27. The molecule has 1 fully saturated rings. The number of thioether (sulfide) groups is 2. The Morgan fingerprint density at radius 2 is 0.904 bits per heavy atom. The first-order valence-corrected chi connectivity index (χ1v) is 24.3. The number of amides is 2. The van der Waals surface area contributed by atoms with Gasteiger partial charge >= 0.3 is 12.2 Å². The summed E-state index contributed by atoms with van der Waals surface area (Å²) < 4.78 is 0. The van der Waals surface area contributed by atoms with Gasteiger partial charge in [0.05, 0.1) is 0 Å². The van der Waals surface area contributed by atoms with E-state index in [0.717, 1.165) is 45.6 Å². The summed E-state index contributed by atoms with van der Waals surface area (Å²) in [5, 5.41) is 23.3. The predicted octanol–water partition coefficient (Wildman–Crippen LogP) is 11.5. The summed E-state index contributed by atoms with van der Waals surface area (Å²) in [4.78, 5) is 27.4. The fraction of sp³-hybridized carbons (Fsp3) is 0.952. The Balaban J connectivity index is 2.59. The van der Waals surface area contributed by atoms with E-state index in [9.17, 15) is 9.59 Å². The minimum Gasteiger partial charge on any atom is -0.465 e. The van der Waals surface area contributed by atoms with Gasteiger partial charge in [0.2, 0.25) is 0 Å². The van der Waals surface area contributed by atoms with Gasteiger partial charge in [-0.15, -0.1) is 0 Å². The van der Waals surface area contributed by atoms with Crippen LogP contribution in [0.2, 0.25) is 0 Å². The van der Waals surface area contributed by atoms with E-state index in [-0.39, 0.29) is 5.54 Å². The number of rotatable bonds is 38. The highest BCUT2D eigenvalue weighted by Crippen LogP contribution is 2.33. The second kappa shape index (κ2) is 35.8. The third-order valence-corrected chi connectivity index (χ3v) is 13.1. The van der Waals surface area contributed by atoms with E-state index in [4.69, 9.17) is 10.2 Å². The van der Waals surface area contributed by atoms with Crippen LogP contribution in [0.3, 0.4) is 0 Å². The van der Waals surface area contributed by atoms with E-state index < -0.39 is 12.2 Å². The van der Waals surface area contributed by atoms with Crippen molar-refractivity contribution < 1.29 is 19.8 Å². The van der Waals surface area contributed by atoms with Gasteiger partial charge in [-0.3, -0.25) is 4.90 Å². The van der Waals surface area contributed by atoms with E-state index in [2.05, 4.69) is 57.8 Å². The number of carbonyl (C=O) groups is 2. The van der Waals surface area contributed by atoms with Crippen molar-refractivity contribution in [2.75, 3.05) is 68.8 Å². The van der Waals surface area contributed by atoms with E-state index in [1.165, 1.54) is 177 Å². The Morgan fingerprint density at radius 3 is 1.33 bits per heavy atom. The predicted molar refractivity (Wildman–Crippen MR) is 229 cm³/mol. The maximum Gasteiger partial charge on any atom is 0.404 e. The molecule has 1 aliphatic rings. The Morgan fingerprint density at radius 1 is 0.519 bits per heavy atom. The van der Waals surface area contributed by atoms with Crippen molar-refractivity contribution in [3.05, 3.63) is 0 Å². The molecule has 4 N–H and O–H groups in total. The largest absolute Gasteiger partial charge is 0.465 e. The number of carboxylic acid groups (broad SMARTS) is 2. The van der Waals surface area contributed by atoms with Gasteiger partial charge in [-0.2, -0.15) is 23.5 Å². The van der Waals surface area contributed by atoms with Crippen LogP contribution in [0.1, 0.15) is 181 Å². The normalized spacial score (nSPS) is 14.9. The summed E-state index contributed by atoms with van der Waals surface area (Å²) in [5.41, 5.74) is 0.0943. The molecule has 8 nitrogen and oxygen atoms in total. The van der Waals surface area contributed by atoms with E-state index in [0.29, 0.717) is 13.1 Å². The zero-order chi connectivity index (χ0) is 37.8. The van der Waals surface area contributed by atoms with Crippen molar-refractivity contribution in [3.63, 3.8) is 0 Å². The van der Waals surface area contributed by atoms with Crippen LogP contribution in [0.5, 0.6) is 0 Å². The highest BCUT2D eigenvalue weighted by molar-refractivity contribution is 7.99. The summed E-state index contributed by atoms with van der Waals surface area (Å²) in [6, 6.07) is 0. The van der Waals surface area contributed by atoms with Crippen LogP contribution >= 0.6 is 23.5 Å². The lowest BCUT2D eigenvalue weighted by atomic mass is 9.84. The highest BCUT2D eigenvalue weighted by atomic mass is 32.2. The van der Waals surface area contributed by atoms with E-state index >= 15 is 0 Å². The minimum atomic E-state index is -0.945. The molecular weight excluding hydrogens is 689 g/mol. The second-order valence-corrected chi connectivity index (χ2v) is 17.9. The number of piperazine rings is 1. The first-order valence-electron chi connectivity index (χ1n) is 22.0. The lowest BCUT2D eigenvalue weighted by Crippen LogP contribution is -2.62. The molecule has 0 radical (unpaired) electrons. The lowest BCUT2D eigenvalue weighted by molar-refractivity contribution is -0.0163. The second-order valence-electron chi connectivity index (χ2n) is 15.5. The smallest absolute Gasteiger partial charge is 0.404 e. The zero-order valence-corrected chi connectivity index (χ0v) is 35.7. The Kier molecular flexibility index (Phi) is 33.9. The van der Waals surface area contributed by atoms with Crippen LogP contribution in [0, 0.1) is 0 Å². The molecular formula is C42H84N4O4S2. The topological polar surface area (TPSA) is 105 Å². The first kappa shape index (κ1) is 49.2. The maximum atomic E-state index is 11.1. The van der Waals surface area contributed by atoms with Gasteiger partial charge in [0.25, 0.3) is 0 Å². The molecule has 2 amide bonds. The molecule has 0 aromatic heterocycles. The van der Waals surface area contributed by atoms with Gasteiger partial charge < -0.3 is 25.7 Å². The first-order chi connectivity index (χ1) is 25.4. The summed E-state index contributed by atoms with van der Waals surface area (Å²) in [6.45, 7) is 10.4. The molecule has 0 unspecified atom stereocenters. The van der Waals surface area contributed by atoms with Gasteiger partial charge in [0.15, 0.2) is 0 Å². The average Bonchev–Trinajstić information content (AvgIpc) is 3.12. The van der Waals surface area contributed by atoms with Crippen LogP contribution in [0.15, 0.2) is 0 Å². The Hall–Kier alpha value is -0.840. The number of nitrogens with one attached hydrogen (secondary N) is 2. The molecule has 0 atom stereocenters. The average molecular weight is 773 g/mol. The Bertz CT molecular complexity index is 793. The highest BCUT2D eigenvalue weighted by Gasteiger charge is 2.40. The quantitative estimate of drug-likeness (QED) is 0.0460. The third kappa shape index (κ3) is 28.6. The lowest BCUT2D eigenvalue weighted by Gasteiger charge is -2.52. The zero-order valence-electron chi connectivity index (χ0n) is 34.1. The van der Waals surface area contributed by atoms with Crippen molar-refractivity contribution in [2.24, 2.45) is 0 Å². The van der Waals surface area contributed by atoms with Gasteiger partial charge in [-0.1, -0.05) is 129 Å². The fourth-order valence-corrected chi connectivity index (χ4v) is 9.71. The molecule has 10 heteroatoms. The minimum absolute atomic E-state index is 0.0943. The molecule has 308 valence electrons. The van der Waals surface area contributed by atoms with Gasteiger partial charge in [0, 0.05) is 44.8 Å². The molecule has 0 aliphatic carbocycles. The monoisotopic (exact) mass is 773 g/mol. The van der Waals surface area contributed by atoms with E-state index in [1.54, 1.807) is 0 Å². The standard InChI is InChI=1S/C42H84N4O4S2/c1-3-5-7-9-11-13-15-17-19-21-35-51-37-23-27-42(28-24-38-52-36-22-20-18-16-14-12-10-8-6-4-2)39-45(31-25-29-43-40(47)48)33-34-46(42)32-26-30-44-41(49)50/h43-44H,3-39H2,1-2H3,(H,47,48)(H,49,50).